The number of hydrogen-bond donors (Lipinski definition) is 2. The lowest BCUT2D eigenvalue weighted by Gasteiger charge is -2.13. The fourth-order valence-electron chi connectivity index (χ4n) is 1.47. The zero-order valence-corrected chi connectivity index (χ0v) is 11.7. The molecule has 0 radical (unpaired) electrons. The summed E-state index contributed by atoms with van der Waals surface area (Å²) >= 11 is 0. The summed E-state index contributed by atoms with van der Waals surface area (Å²) in [4.78, 5) is 13.6. The Labute approximate surface area is 109 Å². The normalized spacial score (nSPS) is 10.5. The minimum absolute atomic E-state index is 0.0281. The third-order valence-corrected chi connectivity index (χ3v) is 2.61. The second-order valence-corrected chi connectivity index (χ2v) is 4.87. The third kappa shape index (κ3) is 5.19. The van der Waals surface area contributed by atoms with Crippen LogP contribution in [-0.4, -0.2) is 32.6 Å². The lowest BCUT2D eigenvalue weighted by Crippen LogP contribution is -2.36. The summed E-state index contributed by atoms with van der Waals surface area (Å²) < 4.78 is 0. The largest absolute Gasteiger partial charge is 0.378 e. The zero-order chi connectivity index (χ0) is 13.5. The molecule has 100 valence electrons. The summed E-state index contributed by atoms with van der Waals surface area (Å²) in [5.41, 5.74) is 2.27. The Morgan fingerprint density at radius 1 is 1.22 bits per heavy atom. The molecule has 0 spiro atoms. The fraction of sp³-hybridized carbons (Fsp3) is 0.500. The molecule has 18 heavy (non-hydrogen) atoms. The fourth-order valence-corrected chi connectivity index (χ4v) is 1.47. The Morgan fingerprint density at radius 3 is 2.33 bits per heavy atom. The molecule has 0 fully saturated rings. The van der Waals surface area contributed by atoms with E-state index in [0.717, 1.165) is 11.3 Å². The van der Waals surface area contributed by atoms with Crippen molar-refractivity contribution in [2.75, 3.05) is 25.5 Å². The number of hydrogen-bond acceptors (Lipinski definition) is 3. The SMILES string of the molecule is CC(C)NCC(=O)NCc1ccc(N(C)C)cc1. The molecule has 0 aromatic heterocycles. The summed E-state index contributed by atoms with van der Waals surface area (Å²) in [5, 5.41) is 5.97. The third-order valence-electron chi connectivity index (χ3n) is 2.61. The number of nitrogens with zero attached hydrogens (tertiary/aromatic N) is 1. The number of carbonyl (C=O) groups is 1. The number of rotatable bonds is 6. The van der Waals surface area contributed by atoms with Crippen LogP contribution in [0.25, 0.3) is 0 Å². The first-order valence-electron chi connectivity index (χ1n) is 6.25. The maximum atomic E-state index is 11.5. The molecule has 0 heterocycles. The Kier molecular flexibility index (Phi) is 5.65. The van der Waals surface area contributed by atoms with Crippen molar-refractivity contribution in [3.05, 3.63) is 29.8 Å². The van der Waals surface area contributed by atoms with Crippen LogP contribution >= 0.6 is 0 Å². The van der Waals surface area contributed by atoms with E-state index in [1.165, 1.54) is 0 Å². The van der Waals surface area contributed by atoms with Crippen molar-refractivity contribution in [3.63, 3.8) is 0 Å². The Balaban J connectivity index is 2.37. The van der Waals surface area contributed by atoms with Gasteiger partial charge in [0.1, 0.15) is 0 Å². The van der Waals surface area contributed by atoms with Crippen molar-refractivity contribution in [2.45, 2.75) is 26.4 Å². The molecule has 0 saturated carbocycles. The van der Waals surface area contributed by atoms with Gasteiger partial charge in [0.15, 0.2) is 0 Å². The standard InChI is InChI=1S/C14H23N3O/c1-11(2)15-10-14(18)16-9-12-5-7-13(8-6-12)17(3)4/h5-8,11,15H,9-10H2,1-4H3,(H,16,18). The highest BCUT2D eigenvalue weighted by atomic mass is 16.1. The molecule has 2 N–H and O–H groups in total. The molecule has 0 saturated heterocycles. The minimum atomic E-state index is 0.0281. The van der Waals surface area contributed by atoms with Gasteiger partial charge in [0.2, 0.25) is 5.91 Å². The van der Waals surface area contributed by atoms with Crippen molar-refractivity contribution in [3.8, 4) is 0 Å². The van der Waals surface area contributed by atoms with Gasteiger partial charge in [-0.25, -0.2) is 0 Å². The van der Waals surface area contributed by atoms with E-state index in [-0.39, 0.29) is 5.91 Å². The Bertz CT molecular complexity index is 371. The molecule has 1 aromatic carbocycles. The predicted molar refractivity (Wildman–Crippen MR) is 75.8 cm³/mol. The van der Waals surface area contributed by atoms with Crippen LogP contribution in [0.15, 0.2) is 24.3 Å². The molecule has 1 amide bonds. The molecule has 4 heteroatoms. The number of carbonyl (C=O) groups excluding carboxylic acids is 1. The zero-order valence-electron chi connectivity index (χ0n) is 11.7. The van der Waals surface area contributed by atoms with E-state index in [2.05, 4.69) is 15.5 Å². The number of amides is 1. The molecule has 0 aliphatic heterocycles. The van der Waals surface area contributed by atoms with Crippen LogP contribution in [0.3, 0.4) is 0 Å². The van der Waals surface area contributed by atoms with Gasteiger partial charge in [-0.05, 0) is 17.7 Å². The second-order valence-electron chi connectivity index (χ2n) is 4.87. The summed E-state index contributed by atoms with van der Waals surface area (Å²) in [7, 11) is 4.02. The molecule has 0 aliphatic rings. The molecule has 0 atom stereocenters. The van der Waals surface area contributed by atoms with Crippen LogP contribution in [0.4, 0.5) is 5.69 Å². The van der Waals surface area contributed by atoms with Crippen molar-refractivity contribution < 1.29 is 4.79 Å². The van der Waals surface area contributed by atoms with Crippen LogP contribution < -0.4 is 15.5 Å². The highest BCUT2D eigenvalue weighted by molar-refractivity contribution is 5.78. The average Bonchev–Trinajstić information content (AvgIpc) is 2.34. The number of nitrogens with one attached hydrogen (secondary N) is 2. The van der Waals surface area contributed by atoms with Crippen LogP contribution in [0, 0.1) is 0 Å². The second kappa shape index (κ2) is 7.01. The Morgan fingerprint density at radius 2 is 1.83 bits per heavy atom. The molecular weight excluding hydrogens is 226 g/mol. The Hall–Kier alpha value is -1.55. The summed E-state index contributed by atoms with van der Waals surface area (Å²) in [6.45, 7) is 4.99. The van der Waals surface area contributed by atoms with Crippen molar-refractivity contribution in [1.82, 2.24) is 10.6 Å². The van der Waals surface area contributed by atoms with Gasteiger partial charge in [0.05, 0.1) is 6.54 Å². The lowest BCUT2D eigenvalue weighted by atomic mass is 10.2. The van der Waals surface area contributed by atoms with Crippen LogP contribution in [0.2, 0.25) is 0 Å². The maximum Gasteiger partial charge on any atom is 0.234 e. The van der Waals surface area contributed by atoms with E-state index in [1.54, 1.807) is 0 Å². The summed E-state index contributed by atoms with van der Waals surface area (Å²) in [5.74, 6) is 0.0281. The van der Waals surface area contributed by atoms with Gasteiger partial charge in [-0.3, -0.25) is 4.79 Å². The van der Waals surface area contributed by atoms with Gasteiger partial charge < -0.3 is 15.5 Å². The highest BCUT2D eigenvalue weighted by Crippen LogP contribution is 2.11. The van der Waals surface area contributed by atoms with Crippen LogP contribution in [0.5, 0.6) is 0 Å². The first-order chi connectivity index (χ1) is 8.49. The molecule has 1 rings (SSSR count). The molecule has 4 nitrogen and oxygen atoms in total. The van der Waals surface area contributed by atoms with E-state index >= 15 is 0 Å². The van der Waals surface area contributed by atoms with Crippen molar-refractivity contribution in [2.24, 2.45) is 0 Å². The smallest absolute Gasteiger partial charge is 0.234 e. The van der Waals surface area contributed by atoms with E-state index in [1.807, 2.05) is 52.2 Å². The monoisotopic (exact) mass is 249 g/mol. The van der Waals surface area contributed by atoms with E-state index < -0.39 is 0 Å². The number of anilines is 1. The minimum Gasteiger partial charge on any atom is -0.378 e. The average molecular weight is 249 g/mol. The molecular formula is C14H23N3O. The van der Waals surface area contributed by atoms with E-state index in [4.69, 9.17) is 0 Å². The quantitative estimate of drug-likeness (QED) is 0.800. The first-order valence-corrected chi connectivity index (χ1v) is 6.25. The van der Waals surface area contributed by atoms with Gasteiger partial charge >= 0.3 is 0 Å². The number of benzene rings is 1. The molecule has 0 bridgehead atoms. The maximum absolute atomic E-state index is 11.5. The first kappa shape index (κ1) is 14.5. The predicted octanol–water partition coefficient (Wildman–Crippen LogP) is 1.37. The molecule has 0 unspecified atom stereocenters. The lowest BCUT2D eigenvalue weighted by molar-refractivity contribution is -0.120. The van der Waals surface area contributed by atoms with Gasteiger partial charge in [0.25, 0.3) is 0 Å². The van der Waals surface area contributed by atoms with Crippen molar-refractivity contribution in [1.29, 1.82) is 0 Å². The van der Waals surface area contributed by atoms with E-state index in [9.17, 15) is 4.79 Å². The van der Waals surface area contributed by atoms with Gasteiger partial charge in [-0.15, -0.1) is 0 Å². The summed E-state index contributed by atoms with van der Waals surface area (Å²) in [6.07, 6.45) is 0. The van der Waals surface area contributed by atoms with Crippen molar-refractivity contribution >= 4 is 11.6 Å². The van der Waals surface area contributed by atoms with Crippen LogP contribution in [0.1, 0.15) is 19.4 Å². The van der Waals surface area contributed by atoms with Gasteiger partial charge in [-0.2, -0.15) is 0 Å². The van der Waals surface area contributed by atoms with E-state index in [0.29, 0.717) is 19.1 Å². The molecule has 1 aromatic rings. The summed E-state index contributed by atoms with van der Waals surface area (Å²) in [6, 6.07) is 8.49. The van der Waals surface area contributed by atoms with Gasteiger partial charge in [-0.1, -0.05) is 26.0 Å². The van der Waals surface area contributed by atoms with Crippen LogP contribution in [-0.2, 0) is 11.3 Å². The van der Waals surface area contributed by atoms with Gasteiger partial charge in [0, 0.05) is 32.4 Å². The highest BCUT2D eigenvalue weighted by Gasteiger charge is 2.02. The topological polar surface area (TPSA) is 44.4 Å². The molecule has 0 aliphatic carbocycles.